The van der Waals surface area contributed by atoms with E-state index in [1.165, 1.54) is 27.4 Å². The smallest absolute Gasteiger partial charge is 0.300 e. The Bertz CT molecular complexity index is 831. The molecule has 0 amide bonds. The number of Topliss-reactive ketones (excluding diaryl/α,β-unsaturated/α-hetero) is 3. The van der Waals surface area contributed by atoms with Gasteiger partial charge in [-0.05, 0) is 67.7 Å². The third kappa shape index (κ3) is 43.1. The number of rotatable bonds is 13. The number of likely N-dealkylation sites (N-methyl/N-ethyl adjacent to an activating group) is 2. The molecule has 0 aromatic carbocycles. The first kappa shape index (κ1) is 55.5. The van der Waals surface area contributed by atoms with Gasteiger partial charge < -0.3 is 46.6 Å². The zero-order valence-corrected chi connectivity index (χ0v) is 31.5. The van der Waals surface area contributed by atoms with Crippen LogP contribution in [0.1, 0.15) is 106 Å². The van der Waals surface area contributed by atoms with Crippen molar-refractivity contribution < 1.29 is 53.3 Å². The highest BCUT2D eigenvalue weighted by Crippen LogP contribution is 2.14. The number of ether oxygens (including phenoxy) is 2. The number of hydrogen-bond donors (Lipinski definition) is 7. The average Bonchev–Trinajstić information content (AvgIpc) is 3.10. The Morgan fingerprint density at radius 2 is 1.10 bits per heavy atom. The molecular formula is C32H68N6O11. The van der Waals surface area contributed by atoms with Gasteiger partial charge in [0.05, 0.1) is 24.4 Å². The first-order valence-electron chi connectivity index (χ1n) is 16.4. The first-order chi connectivity index (χ1) is 23.2. The van der Waals surface area contributed by atoms with E-state index in [-0.39, 0.29) is 42.0 Å². The molecule has 2 unspecified atom stereocenters. The Morgan fingerprint density at radius 1 is 0.735 bits per heavy atom. The first-order valence-corrected chi connectivity index (χ1v) is 16.4. The second-order valence-electron chi connectivity index (χ2n) is 10.1. The van der Waals surface area contributed by atoms with E-state index in [4.69, 9.17) is 40.0 Å². The minimum Gasteiger partial charge on any atom is -0.481 e. The summed E-state index contributed by atoms with van der Waals surface area (Å²) in [5.74, 6) is 3.55. The van der Waals surface area contributed by atoms with Crippen LogP contribution < -0.4 is 28.0 Å². The van der Waals surface area contributed by atoms with Gasteiger partial charge >= 0.3 is 0 Å². The van der Waals surface area contributed by atoms with Crippen molar-refractivity contribution in [2.45, 2.75) is 130 Å². The molecule has 2 rings (SSSR count). The van der Waals surface area contributed by atoms with Crippen LogP contribution in [-0.2, 0) is 43.1 Å². The lowest BCUT2D eigenvalue weighted by Gasteiger charge is -2.20. The highest BCUT2D eigenvalue weighted by molar-refractivity contribution is 5.91. The Hall–Kier alpha value is -2.90. The van der Waals surface area contributed by atoms with E-state index in [0.717, 1.165) is 64.9 Å². The number of nitrogens with one attached hydrogen (secondary N) is 2. The quantitative estimate of drug-likeness (QED) is 0.106. The summed E-state index contributed by atoms with van der Waals surface area (Å²) in [6, 6.07) is -0.452. The lowest BCUT2D eigenvalue weighted by atomic mass is 10.1. The Labute approximate surface area is 293 Å². The molecule has 49 heavy (non-hydrogen) atoms. The molecule has 0 aliphatic carbocycles. The second-order valence-corrected chi connectivity index (χ2v) is 10.1. The number of hydrogen-bond acceptors (Lipinski definition) is 15. The van der Waals surface area contributed by atoms with Crippen LogP contribution >= 0.6 is 0 Å². The summed E-state index contributed by atoms with van der Waals surface area (Å²) >= 11 is 0. The maximum atomic E-state index is 11.6. The highest BCUT2D eigenvalue weighted by atomic mass is 16.8. The maximum Gasteiger partial charge on any atom is 0.300 e. The molecule has 0 radical (unpaired) electrons. The highest BCUT2D eigenvalue weighted by Gasteiger charge is 2.18. The lowest BCUT2D eigenvalue weighted by Crippen LogP contribution is -2.35. The van der Waals surface area contributed by atoms with Crippen molar-refractivity contribution in [3.8, 4) is 0 Å². The van der Waals surface area contributed by atoms with Gasteiger partial charge in [-0.3, -0.25) is 28.8 Å². The van der Waals surface area contributed by atoms with E-state index >= 15 is 0 Å². The minimum atomic E-state index is -0.833. The zero-order chi connectivity index (χ0) is 39.2. The number of carbonyl (C=O) groups is 5. The molecule has 17 nitrogen and oxygen atoms in total. The van der Waals surface area contributed by atoms with Crippen LogP contribution in [0.4, 0.5) is 0 Å². The van der Waals surface area contributed by atoms with Gasteiger partial charge in [0.1, 0.15) is 17.3 Å². The van der Waals surface area contributed by atoms with E-state index in [1.807, 2.05) is 13.8 Å². The summed E-state index contributed by atoms with van der Waals surface area (Å²) in [7, 11) is 6.48. The van der Waals surface area contributed by atoms with Crippen molar-refractivity contribution >= 4 is 35.0 Å². The largest absolute Gasteiger partial charge is 0.481 e. The van der Waals surface area contributed by atoms with Gasteiger partial charge in [0, 0.05) is 59.0 Å². The molecular weight excluding hydrogens is 644 g/mol. The van der Waals surface area contributed by atoms with Gasteiger partial charge in [0.25, 0.3) is 11.9 Å². The number of carboxylic acids is 2. The average molecular weight is 713 g/mol. The van der Waals surface area contributed by atoms with E-state index in [0.29, 0.717) is 25.7 Å². The molecule has 2 aliphatic heterocycles. The summed E-state index contributed by atoms with van der Waals surface area (Å²) in [4.78, 5) is 61.1. The molecule has 2 fully saturated rings. The van der Waals surface area contributed by atoms with Crippen molar-refractivity contribution in [1.29, 1.82) is 0 Å². The lowest BCUT2D eigenvalue weighted by molar-refractivity contribution is -0.164. The van der Waals surface area contributed by atoms with Gasteiger partial charge in [-0.15, -0.1) is 0 Å². The molecule has 10 N–H and O–H groups in total. The van der Waals surface area contributed by atoms with Crippen LogP contribution in [0.3, 0.4) is 0 Å². The van der Waals surface area contributed by atoms with Gasteiger partial charge in [0.15, 0.2) is 6.29 Å². The van der Waals surface area contributed by atoms with E-state index < -0.39 is 11.9 Å². The van der Waals surface area contributed by atoms with E-state index in [9.17, 15) is 14.4 Å². The van der Waals surface area contributed by atoms with Crippen molar-refractivity contribution in [2.24, 2.45) is 22.5 Å². The number of carboxylic acid groups (broad SMARTS) is 2. The fourth-order valence-electron chi connectivity index (χ4n) is 3.63. The molecule has 0 bridgehead atoms. The summed E-state index contributed by atoms with van der Waals surface area (Å²) in [6.07, 6.45) is 7.90. The molecule has 4 atom stereocenters. The normalized spacial score (nSPS) is 17.4. The van der Waals surface area contributed by atoms with Crippen LogP contribution in [0.15, 0.2) is 5.16 Å². The van der Waals surface area contributed by atoms with Crippen LogP contribution in [0.25, 0.3) is 0 Å². The second kappa shape index (κ2) is 41.3. The van der Waals surface area contributed by atoms with Gasteiger partial charge in [0.2, 0.25) is 6.29 Å². The third-order valence-corrected chi connectivity index (χ3v) is 5.92. The maximum absolute atomic E-state index is 11.6. The molecule has 17 heteroatoms. The molecule has 2 saturated heterocycles. The molecule has 2 aliphatic rings. The fourth-order valence-corrected chi connectivity index (χ4v) is 3.63. The molecule has 2 heterocycles. The third-order valence-electron chi connectivity index (χ3n) is 5.92. The van der Waals surface area contributed by atoms with Gasteiger partial charge in [-0.1, -0.05) is 19.0 Å². The number of nitrogens with two attached hydrogens (primary N) is 3. The van der Waals surface area contributed by atoms with Crippen molar-refractivity contribution in [3.05, 3.63) is 0 Å². The van der Waals surface area contributed by atoms with E-state index in [1.54, 1.807) is 21.0 Å². The van der Waals surface area contributed by atoms with Gasteiger partial charge in [-0.2, -0.15) is 0 Å². The van der Waals surface area contributed by atoms with Crippen molar-refractivity contribution in [3.63, 3.8) is 0 Å². The van der Waals surface area contributed by atoms with Crippen LogP contribution in [-0.4, -0.2) is 111 Å². The van der Waals surface area contributed by atoms with Crippen molar-refractivity contribution in [2.75, 3.05) is 41.4 Å². The predicted octanol–water partition coefficient (Wildman–Crippen LogP) is 2.13. The Morgan fingerprint density at radius 3 is 1.37 bits per heavy atom. The molecule has 0 aromatic rings. The van der Waals surface area contributed by atoms with Crippen LogP contribution in [0.5, 0.6) is 0 Å². The fraction of sp³-hybridized carbons (Fsp3) is 0.812. The SMILES string of the molecule is CC(=O)O.CC(=O)O.CCC(=O)[C@H](CC(C)=NOC1CCCCO1)NC.CCC(=O)[C@H](CC(C)=O)NC.CN.CN.NOC1CCCCO1. The molecule has 0 saturated carbocycles. The Kier molecular flexibility index (Phi) is 46.8. The summed E-state index contributed by atoms with van der Waals surface area (Å²) in [5, 5.41) is 24.7. The topological polar surface area (TPSA) is 277 Å². The van der Waals surface area contributed by atoms with Gasteiger partial charge in [-0.25, -0.2) is 5.90 Å². The molecule has 0 spiro atoms. The number of aliphatic carboxylic acids is 2. The van der Waals surface area contributed by atoms with Crippen LogP contribution in [0.2, 0.25) is 0 Å². The summed E-state index contributed by atoms with van der Waals surface area (Å²) < 4.78 is 10.5. The minimum absolute atomic E-state index is 0.0474. The van der Waals surface area contributed by atoms with E-state index in [2.05, 4.69) is 32.1 Å². The predicted molar refractivity (Wildman–Crippen MR) is 190 cm³/mol. The number of nitrogens with zero attached hydrogens (tertiary/aromatic N) is 1. The summed E-state index contributed by atoms with van der Waals surface area (Å²) in [6.45, 7) is 10.7. The zero-order valence-electron chi connectivity index (χ0n) is 31.5. The monoisotopic (exact) mass is 712 g/mol. The Balaban J connectivity index is -0.000000178. The molecule has 292 valence electrons. The standard InChI is InChI=1S/C13H24N2O3.C8H15NO2.C5H11NO2.2C2H4O2.2CH5N/c1-4-12(16)11(14-3)9-10(2)15-18-13-7-5-6-8-17-13;1-4-8(11)7(9-3)5-6(2)10;6-8-5-3-1-2-4-7-5;2*1-2(3)4;2*1-2/h11,13-14H,4-9H2,1-3H3;7,9H,4-5H2,1-3H3;5H,1-4,6H2;2*1H3,(H,3,4);2*2H2,1H3/t11-,13?;7-;;;;;/m00...../s1. The van der Waals surface area contributed by atoms with Crippen LogP contribution in [0, 0.1) is 0 Å². The number of carbonyl (C=O) groups excluding carboxylic acids is 3. The number of oxime groups is 1. The summed E-state index contributed by atoms with van der Waals surface area (Å²) in [5.41, 5.74) is 9.81. The number of ketones is 3. The van der Waals surface area contributed by atoms with Crippen molar-refractivity contribution in [1.82, 2.24) is 10.6 Å². The molecule has 0 aromatic heterocycles.